The molecule has 2 N–H and O–H groups in total. The predicted molar refractivity (Wildman–Crippen MR) is 76.5 cm³/mol. The number of ether oxygens (including phenoxy) is 2. The average molecular weight is 279 g/mol. The van der Waals surface area contributed by atoms with Gasteiger partial charge in [0, 0.05) is 24.0 Å². The number of pyridine rings is 1. The minimum atomic E-state index is -0.279. The second kappa shape index (κ2) is 5.17. The molecule has 1 atom stereocenters. The van der Waals surface area contributed by atoms with Crippen molar-refractivity contribution in [3.63, 3.8) is 0 Å². The highest BCUT2D eigenvalue weighted by Gasteiger charge is 2.30. The number of allylic oxidation sites excluding steroid dienone is 1. The molecule has 2 heterocycles. The zero-order chi connectivity index (χ0) is 14.8. The summed E-state index contributed by atoms with van der Waals surface area (Å²) < 4.78 is 10.8. The fraction of sp³-hybridized carbons (Fsp3) is 0.125. The highest BCUT2D eigenvalue weighted by atomic mass is 16.5. The van der Waals surface area contributed by atoms with E-state index in [1.54, 1.807) is 25.6 Å². The van der Waals surface area contributed by atoms with E-state index >= 15 is 0 Å². The Bertz CT molecular complexity index is 748. The molecule has 3 rings (SSSR count). The minimum absolute atomic E-state index is 0.118. The molecule has 1 aromatic carbocycles. The van der Waals surface area contributed by atoms with Crippen LogP contribution in [-0.2, 0) is 0 Å². The Hall–Kier alpha value is -3.00. The third-order valence-corrected chi connectivity index (χ3v) is 3.44. The van der Waals surface area contributed by atoms with E-state index in [-0.39, 0.29) is 11.8 Å². The molecule has 0 bridgehead atoms. The van der Waals surface area contributed by atoms with Crippen molar-refractivity contribution in [2.45, 2.75) is 5.92 Å². The lowest BCUT2D eigenvalue weighted by Gasteiger charge is -2.26. The van der Waals surface area contributed by atoms with E-state index in [2.05, 4.69) is 11.1 Å². The van der Waals surface area contributed by atoms with Crippen LogP contribution in [0.4, 0.5) is 0 Å². The van der Waals surface area contributed by atoms with Crippen LogP contribution in [0.1, 0.15) is 17.0 Å². The Kier molecular flexibility index (Phi) is 3.20. The van der Waals surface area contributed by atoms with E-state index in [0.717, 1.165) is 11.1 Å². The van der Waals surface area contributed by atoms with Crippen molar-refractivity contribution >= 4 is 0 Å². The fourth-order valence-electron chi connectivity index (χ4n) is 2.45. The molecular weight excluding hydrogens is 266 g/mol. The Labute approximate surface area is 122 Å². The number of methoxy groups -OCH3 is 1. The maximum atomic E-state index is 9.41. The molecule has 0 fully saturated rings. The topological polar surface area (TPSA) is 81.2 Å². The van der Waals surface area contributed by atoms with Gasteiger partial charge >= 0.3 is 0 Å². The van der Waals surface area contributed by atoms with Crippen LogP contribution in [-0.4, -0.2) is 12.1 Å². The number of nitriles is 1. The van der Waals surface area contributed by atoms with Gasteiger partial charge in [-0.2, -0.15) is 5.26 Å². The van der Waals surface area contributed by atoms with Crippen LogP contribution in [0.5, 0.6) is 11.5 Å². The lowest BCUT2D eigenvalue weighted by molar-refractivity contribution is 0.381. The van der Waals surface area contributed by atoms with Gasteiger partial charge in [0.2, 0.25) is 5.88 Å². The molecule has 0 saturated heterocycles. The summed E-state index contributed by atoms with van der Waals surface area (Å²) in [7, 11) is 1.59. The number of rotatable bonds is 2. The molecule has 0 radical (unpaired) electrons. The van der Waals surface area contributed by atoms with E-state index in [0.29, 0.717) is 17.1 Å². The van der Waals surface area contributed by atoms with Gasteiger partial charge in [-0.05, 0) is 17.7 Å². The molecule has 104 valence electrons. The zero-order valence-corrected chi connectivity index (χ0v) is 11.4. The van der Waals surface area contributed by atoms with Gasteiger partial charge in [0.1, 0.15) is 23.1 Å². The SMILES string of the molecule is COc1ccc2c(c1)OC(N)=C(C#N)[C@@H]2c1cccnc1. The number of hydrogen-bond donors (Lipinski definition) is 1. The van der Waals surface area contributed by atoms with Crippen molar-refractivity contribution in [1.82, 2.24) is 4.98 Å². The van der Waals surface area contributed by atoms with Crippen LogP contribution in [0.25, 0.3) is 0 Å². The molecule has 1 aliphatic heterocycles. The number of hydrogen-bond acceptors (Lipinski definition) is 5. The quantitative estimate of drug-likeness (QED) is 0.912. The molecule has 0 unspecified atom stereocenters. The molecule has 1 aromatic heterocycles. The van der Waals surface area contributed by atoms with Crippen LogP contribution in [0.2, 0.25) is 0 Å². The van der Waals surface area contributed by atoms with Gasteiger partial charge in [0.15, 0.2) is 0 Å². The molecule has 0 aliphatic carbocycles. The van der Waals surface area contributed by atoms with Gasteiger partial charge in [0.05, 0.1) is 13.0 Å². The first-order chi connectivity index (χ1) is 10.2. The van der Waals surface area contributed by atoms with Crippen LogP contribution < -0.4 is 15.2 Å². The number of aromatic nitrogens is 1. The average Bonchev–Trinajstić information content (AvgIpc) is 2.53. The molecule has 1 aliphatic rings. The van der Waals surface area contributed by atoms with E-state index in [1.165, 1.54) is 0 Å². The van der Waals surface area contributed by atoms with Crippen LogP contribution in [0.15, 0.2) is 54.2 Å². The summed E-state index contributed by atoms with van der Waals surface area (Å²) in [6.07, 6.45) is 3.42. The largest absolute Gasteiger partial charge is 0.497 e. The summed E-state index contributed by atoms with van der Waals surface area (Å²) >= 11 is 0. The van der Waals surface area contributed by atoms with Gasteiger partial charge in [-0.15, -0.1) is 0 Å². The maximum absolute atomic E-state index is 9.41. The second-order valence-corrected chi connectivity index (χ2v) is 4.61. The third kappa shape index (κ3) is 2.17. The predicted octanol–water partition coefficient (Wildman–Crippen LogP) is 2.31. The summed E-state index contributed by atoms with van der Waals surface area (Å²) in [5, 5.41) is 9.41. The Morgan fingerprint density at radius 2 is 2.24 bits per heavy atom. The number of nitrogens with zero attached hydrogens (tertiary/aromatic N) is 2. The number of nitrogens with two attached hydrogens (primary N) is 1. The van der Waals surface area contributed by atoms with E-state index in [4.69, 9.17) is 15.2 Å². The summed E-state index contributed by atoms with van der Waals surface area (Å²) in [5.74, 6) is 1.11. The van der Waals surface area contributed by atoms with Crippen molar-refractivity contribution in [2.75, 3.05) is 7.11 Å². The summed E-state index contributed by atoms with van der Waals surface area (Å²) in [4.78, 5) is 4.12. The van der Waals surface area contributed by atoms with Crippen molar-refractivity contribution < 1.29 is 9.47 Å². The second-order valence-electron chi connectivity index (χ2n) is 4.61. The zero-order valence-electron chi connectivity index (χ0n) is 11.4. The van der Waals surface area contributed by atoms with Crippen molar-refractivity contribution in [1.29, 1.82) is 5.26 Å². The minimum Gasteiger partial charge on any atom is -0.497 e. The molecule has 5 heteroatoms. The Morgan fingerprint density at radius 3 is 2.90 bits per heavy atom. The van der Waals surface area contributed by atoms with E-state index < -0.39 is 0 Å². The van der Waals surface area contributed by atoms with Gasteiger partial charge in [-0.25, -0.2) is 0 Å². The van der Waals surface area contributed by atoms with Crippen molar-refractivity contribution in [3.05, 3.63) is 65.3 Å². The normalized spacial score (nSPS) is 16.7. The highest BCUT2D eigenvalue weighted by Crippen LogP contribution is 2.42. The standard InChI is InChI=1S/C16H13N3O2/c1-20-11-4-5-12-14(7-11)21-16(18)13(8-17)15(12)10-3-2-6-19-9-10/h2-7,9,15H,18H2,1H3/t15-/m1/s1. The molecule has 5 nitrogen and oxygen atoms in total. The Morgan fingerprint density at radius 1 is 1.38 bits per heavy atom. The molecule has 0 spiro atoms. The van der Waals surface area contributed by atoms with Gasteiger partial charge in [-0.1, -0.05) is 12.1 Å². The van der Waals surface area contributed by atoms with Crippen LogP contribution >= 0.6 is 0 Å². The van der Waals surface area contributed by atoms with Gasteiger partial charge in [-0.3, -0.25) is 4.98 Å². The molecule has 0 amide bonds. The lowest BCUT2D eigenvalue weighted by atomic mass is 9.84. The van der Waals surface area contributed by atoms with Crippen LogP contribution in [0.3, 0.4) is 0 Å². The summed E-state index contributed by atoms with van der Waals surface area (Å²) in [6, 6.07) is 11.4. The van der Waals surface area contributed by atoms with Gasteiger partial charge in [0.25, 0.3) is 0 Å². The smallest absolute Gasteiger partial charge is 0.205 e. The monoisotopic (exact) mass is 279 g/mol. The van der Waals surface area contributed by atoms with E-state index in [9.17, 15) is 5.26 Å². The number of benzene rings is 1. The third-order valence-electron chi connectivity index (χ3n) is 3.44. The first kappa shape index (κ1) is 13.0. The van der Waals surface area contributed by atoms with Crippen molar-refractivity contribution in [3.8, 4) is 17.6 Å². The highest BCUT2D eigenvalue weighted by molar-refractivity contribution is 5.56. The molecule has 0 saturated carbocycles. The first-order valence-electron chi connectivity index (χ1n) is 6.40. The summed E-state index contributed by atoms with van der Waals surface area (Å²) in [6.45, 7) is 0. The van der Waals surface area contributed by atoms with Crippen LogP contribution in [0, 0.1) is 11.3 Å². The Balaban J connectivity index is 2.20. The molecule has 21 heavy (non-hydrogen) atoms. The van der Waals surface area contributed by atoms with E-state index in [1.807, 2.05) is 24.3 Å². The first-order valence-corrected chi connectivity index (χ1v) is 6.40. The summed E-state index contributed by atoms with van der Waals surface area (Å²) in [5.41, 5.74) is 8.05. The number of fused-ring (bicyclic) bond motifs is 1. The fourth-order valence-corrected chi connectivity index (χ4v) is 2.45. The maximum Gasteiger partial charge on any atom is 0.205 e. The van der Waals surface area contributed by atoms with Crippen molar-refractivity contribution in [2.24, 2.45) is 5.73 Å². The van der Waals surface area contributed by atoms with Gasteiger partial charge < -0.3 is 15.2 Å². The molecule has 2 aromatic rings. The molecular formula is C16H13N3O2. The lowest BCUT2D eigenvalue weighted by Crippen LogP contribution is -2.21.